The van der Waals surface area contributed by atoms with Crippen LogP contribution in [0.25, 0.3) is 0 Å². The van der Waals surface area contributed by atoms with E-state index in [1.807, 2.05) is 6.08 Å². The molecule has 1 fully saturated rings. The van der Waals surface area contributed by atoms with Crippen LogP contribution >= 0.6 is 0 Å². The molecule has 0 heterocycles. The molecule has 1 saturated carbocycles. The van der Waals surface area contributed by atoms with Crippen LogP contribution in [0.15, 0.2) is 12.7 Å². The van der Waals surface area contributed by atoms with Crippen molar-refractivity contribution < 1.29 is 5.11 Å². The Hall–Kier alpha value is -0.340. The second kappa shape index (κ2) is 4.52. The number of nitrogens with one attached hydrogen (secondary N) is 1. The van der Waals surface area contributed by atoms with Crippen molar-refractivity contribution in [2.75, 3.05) is 6.54 Å². The Morgan fingerprint density at radius 2 is 2.36 bits per heavy atom. The highest BCUT2D eigenvalue weighted by Crippen LogP contribution is 2.18. The van der Waals surface area contributed by atoms with Crippen LogP contribution < -0.4 is 5.32 Å². The van der Waals surface area contributed by atoms with Gasteiger partial charge in [0.15, 0.2) is 0 Å². The van der Waals surface area contributed by atoms with Gasteiger partial charge in [0, 0.05) is 6.04 Å². The summed E-state index contributed by atoms with van der Waals surface area (Å²) in [5, 5.41) is 12.7. The molecule has 2 heteroatoms. The van der Waals surface area contributed by atoms with Gasteiger partial charge < -0.3 is 10.4 Å². The Morgan fingerprint density at radius 3 is 2.91 bits per heavy atom. The van der Waals surface area contributed by atoms with E-state index in [1.54, 1.807) is 0 Å². The van der Waals surface area contributed by atoms with Crippen molar-refractivity contribution in [1.29, 1.82) is 0 Å². The Balaban J connectivity index is 2.10. The molecule has 64 valence electrons. The zero-order valence-electron chi connectivity index (χ0n) is 6.92. The Bertz CT molecular complexity index is 125. The molecule has 0 unspecified atom stereocenters. The van der Waals surface area contributed by atoms with Crippen LogP contribution in [0.1, 0.15) is 25.7 Å². The highest BCUT2D eigenvalue weighted by atomic mass is 16.3. The highest BCUT2D eigenvalue weighted by molar-refractivity contribution is 4.83. The topological polar surface area (TPSA) is 32.3 Å². The maximum absolute atomic E-state index is 9.40. The first-order chi connectivity index (χ1) is 5.34. The fraction of sp³-hybridized carbons (Fsp3) is 0.778. The van der Waals surface area contributed by atoms with Crippen molar-refractivity contribution >= 4 is 0 Å². The molecule has 2 N–H and O–H groups in total. The molecule has 1 aliphatic carbocycles. The molecule has 0 spiro atoms. The van der Waals surface area contributed by atoms with Crippen LogP contribution in [-0.2, 0) is 0 Å². The minimum Gasteiger partial charge on any atom is -0.392 e. The summed E-state index contributed by atoms with van der Waals surface area (Å²) in [5.41, 5.74) is 0. The average molecular weight is 155 g/mol. The lowest BCUT2D eigenvalue weighted by Gasteiger charge is -2.15. The van der Waals surface area contributed by atoms with Crippen LogP contribution in [0, 0.1) is 0 Å². The SMILES string of the molecule is C=CCCN[C@@H]1CCC[C@H]1O. The molecule has 11 heavy (non-hydrogen) atoms. The van der Waals surface area contributed by atoms with E-state index in [9.17, 15) is 5.11 Å². The third-order valence-corrected chi connectivity index (χ3v) is 2.23. The van der Waals surface area contributed by atoms with Crippen LogP contribution in [0.3, 0.4) is 0 Å². The van der Waals surface area contributed by atoms with Gasteiger partial charge in [-0.2, -0.15) is 0 Å². The van der Waals surface area contributed by atoms with Crippen LogP contribution in [0.2, 0.25) is 0 Å². The standard InChI is InChI=1S/C9H17NO/c1-2-3-7-10-8-5-4-6-9(8)11/h2,8-11H,1,3-7H2/t8-,9-/m1/s1. The van der Waals surface area contributed by atoms with Gasteiger partial charge in [-0.3, -0.25) is 0 Å². The largest absolute Gasteiger partial charge is 0.392 e. The molecule has 2 atom stereocenters. The van der Waals surface area contributed by atoms with Gasteiger partial charge in [0.1, 0.15) is 0 Å². The second-order valence-electron chi connectivity index (χ2n) is 3.14. The normalized spacial score (nSPS) is 30.6. The molecule has 0 radical (unpaired) electrons. The maximum Gasteiger partial charge on any atom is 0.0693 e. The van der Waals surface area contributed by atoms with Gasteiger partial charge in [-0.25, -0.2) is 0 Å². The van der Waals surface area contributed by atoms with E-state index in [0.717, 1.165) is 32.2 Å². The first kappa shape index (κ1) is 8.75. The van der Waals surface area contributed by atoms with E-state index in [1.165, 1.54) is 0 Å². The number of hydrogen-bond acceptors (Lipinski definition) is 2. The molecule has 0 aliphatic heterocycles. The van der Waals surface area contributed by atoms with Crippen molar-refractivity contribution in [3.8, 4) is 0 Å². The van der Waals surface area contributed by atoms with Crippen molar-refractivity contribution in [2.24, 2.45) is 0 Å². The first-order valence-electron chi connectivity index (χ1n) is 4.37. The molecule has 0 aromatic carbocycles. The lowest BCUT2D eigenvalue weighted by atomic mass is 10.2. The van der Waals surface area contributed by atoms with E-state index < -0.39 is 0 Å². The summed E-state index contributed by atoms with van der Waals surface area (Å²) in [6, 6.07) is 0.343. The van der Waals surface area contributed by atoms with E-state index in [0.29, 0.717) is 6.04 Å². The summed E-state index contributed by atoms with van der Waals surface area (Å²) in [6.07, 6.45) is 6.02. The minimum atomic E-state index is -0.111. The van der Waals surface area contributed by atoms with Crippen LogP contribution in [-0.4, -0.2) is 23.8 Å². The summed E-state index contributed by atoms with van der Waals surface area (Å²) in [6.45, 7) is 4.59. The summed E-state index contributed by atoms with van der Waals surface area (Å²) in [5.74, 6) is 0. The summed E-state index contributed by atoms with van der Waals surface area (Å²) >= 11 is 0. The third-order valence-electron chi connectivity index (χ3n) is 2.23. The van der Waals surface area contributed by atoms with Gasteiger partial charge in [0.05, 0.1) is 6.10 Å². The molecule has 1 aliphatic rings. The second-order valence-corrected chi connectivity index (χ2v) is 3.14. The third kappa shape index (κ3) is 2.64. The van der Waals surface area contributed by atoms with Gasteiger partial charge in [-0.1, -0.05) is 6.08 Å². The number of hydrogen-bond donors (Lipinski definition) is 2. The lowest BCUT2D eigenvalue weighted by Crippen LogP contribution is -2.35. The summed E-state index contributed by atoms with van der Waals surface area (Å²) in [4.78, 5) is 0. The van der Waals surface area contributed by atoms with Crippen molar-refractivity contribution in [3.63, 3.8) is 0 Å². The van der Waals surface area contributed by atoms with Crippen LogP contribution in [0.4, 0.5) is 0 Å². The average Bonchev–Trinajstić information content (AvgIpc) is 2.37. The zero-order valence-corrected chi connectivity index (χ0v) is 6.92. The fourth-order valence-electron chi connectivity index (χ4n) is 1.55. The van der Waals surface area contributed by atoms with Gasteiger partial charge in [0.25, 0.3) is 0 Å². The van der Waals surface area contributed by atoms with Crippen LogP contribution in [0.5, 0.6) is 0 Å². The van der Waals surface area contributed by atoms with Crippen molar-refractivity contribution in [1.82, 2.24) is 5.32 Å². The Labute approximate surface area is 68.3 Å². The zero-order chi connectivity index (χ0) is 8.10. The number of aliphatic hydroxyl groups is 1. The maximum atomic E-state index is 9.40. The molecule has 1 rings (SSSR count). The Morgan fingerprint density at radius 1 is 1.55 bits per heavy atom. The first-order valence-corrected chi connectivity index (χ1v) is 4.37. The molecular weight excluding hydrogens is 138 g/mol. The minimum absolute atomic E-state index is 0.111. The van der Waals surface area contributed by atoms with Gasteiger partial charge in [0.2, 0.25) is 0 Å². The summed E-state index contributed by atoms with van der Waals surface area (Å²) in [7, 11) is 0. The van der Waals surface area contributed by atoms with E-state index >= 15 is 0 Å². The molecule has 2 nitrogen and oxygen atoms in total. The molecule has 0 aromatic heterocycles. The van der Waals surface area contributed by atoms with Gasteiger partial charge in [-0.05, 0) is 32.2 Å². The predicted octanol–water partition coefficient (Wildman–Crippen LogP) is 1.07. The molecule has 0 bridgehead atoms. The van der Waals surface area contributed by atoms with Gasteiger partial charge >= 0.3 is 0 Å². The van der Waals surface area contributed by atoms with Crippen molar-refractivity contribution in [3.05, 3.63) is 12.7 Å². The van der Waals surface area contributed by atoms with Crippen molar-refractivity contribution in [2.45, 2.75) is 37.8 Å². The molecule has 0 saturated heterocycles. The molecular formula is C9H17NO. The van der Waals surface area contributed by atoms with E-state index in [2.05, 4.69) is 11.9 Å². The van der Waals surface area contributed by atoms with E-state index in [4.69, 9.17) is 0 Å². The summed E-state index contributed by atoms with van der Waals surface area (Å²) < 4.78 is 0. The number of aliphatic hydroxyl groups excluding tert-OH is 1. The molecule has 0 aromatic rings. The quantitative estimate of drug-likeness (QED) is 0.470. The number of rotatable bonds is 4. The fourth-order valence-corrected chi connectivity index (χ4v) is 1.55. The predicted molar refractivity (Wildman–Crippen MR) is 46.5 cm³/mol. The lowest BCUT2D eigenvalue weighted by molar-refractivity contribution is 0.150. The monoisotopic (exact) mass is 155 g/mol. The molecule has 0 amide bonds. The smallest absolute Gasteiger partial charge is 0.0693 e. The Kier molecular flexibility index (Phi) is 3.60. The van der Waals surface area contributed by atoms with Gasteiger partial charge in [-0.15, -0.1) is 6.58 Å². The van der Waals surface area contributed by atoms with E-state index in [-0.39, 0.29) is 6.10 Å². The highest BCUT2D eigenvalue weighted by Gasteiger charge is 2.23.